The molecule has 1 nitrogen and oxygen atoms in total. The van der Waals surface area contributed by atoms with Crippen molar-refractivity contribution in [2.24, 2.45) is 0 Å². The minimum atomic E-state index is 0.223. The molecule has 1 aromatic heterocycles. The number of rotatable bonds is 3. The van der Waals surface area contributed by atoms with Crippen molar-refractivity contribution >= 4 is 45.5 Å². The minimum absolute atomic E-state index is 0.223. The highest BCUT2D eigenvalue weighted by Crippen LogP contribution is 2.34. The Labute approximate surface area is 124 Å². The fourth-order valence-electron chi connectivity index (χ4n) is 1.79. The van der Waals surface area contributed by atoms with E-state index in [1.165, 1.54) is 14.0 Å². The predicted octanol–water partition coefficient (Wildman–Crippen LogP) is 4.62. The van der Waals surface area contributed by atoms with Crippen LogP contribution in [0.4, 0.5) is 0 Å². The van der Waals surface area contributed by atoms with E-state index in [-0.39, 0.29) is 6.04 Å². The van der Waals surface area contributed by atoms with Gasteiger partial charge in [0.25, 0.3) is 0 Å². The molecule has 2 aromatic rings. The van der Waals surface area contributed by atoms with Gasteiger partial charge in [-0.15, -0.1) is 11.3 Å². The van der Waals surface area contributed by atoms with Gasteiger partial charge >= 0.3 is 0 Å². The maximum Gasteiger partial charge on any atom is 0.0961 e. The monoisotopic (exact) mass is 377 g/mol. The summed E-state index contributed by atoms with van der Waals surface area (Å²) in [6.45, 7) is 2.05. The molecule has 0 fully saturated rings. The van der Waals surface area contributed by atoms with E-state index in [2.05, 4.69) is 58.2 Å². The first-order chi connectivity index (χ1) is 8.11. The molecule has 0 bridgehead atoms. The molecule has 0 aliphatic heterocycles. The van der Waals surface area contributed by atoms with Gasteiger partial charge in [0, 0.05) is 8.45 Å². The highest BCUT2D eigenvalue weighted by Gasteiger charge is 2.15. The zero-order valence-corrected chi connectivity index (χ0v) is 13.4. The van der Waals surface area contributed by atoms with E-state index in [4.69, 9.17) is 11.6 Å². The van der Waals surface area contributed by atoms with Crippen molar-refractivity contribution < 1.29 is 0 Å². The lowest BCUT2D eigenvalue weighted by atomic mass is 10.1. The van der Waals surface area contributed by atoms with Gasteiger partial charge in [-0.3, -0.25) is 0 Å². The summed E-state index contributed by atoms with van der Waals surface area (Å²) in [6.07, 6.45) is 0. The average molecular weight is 378 g/mol. The second-order valence-electron chi connectivity index (χ2n) is 3.88. The first-order valence-electron chi connectivity index (χ1n) is 5.30. The van der Waals surface area contributed by atoms with Crippen molar-refractivity contribution in [1.82, 2.24) is 5.32 Å². The molecule has 0 amide bonds. The van der Waals surface area contributed by atoms with Crippen LogP contribution < -0.4 is 5.32 Å². The summed E-state index contributed by atoms with van der Waals surface area (Å²) in [5.41, 5.74) is 2.43. The Balaban J connectivity index is 2.39. The highest BCUT2D eigenvalue weighted by atomic mass is 127. The zero-order chi connectivity index (χ0) is 12.4. The van der Waals surface area contributed by atoms with E-state index in [1.807, 2.05) is 14.0 Å². The molecular formula is C13H13ClINS. The van der Waals surface area contributed by atoms with E-state index in [0.717, 1.165) is 9.90 Å². The number of thiophene rings is 1. The van der Waals surface area contributed by atoms with Gasteiger partial charge in [0.15, 0.2) is 0 Å². The van der Waals surface area contributed by atoms with Crippen LogP contribution >= 0.6 is 45.5 Å². The lowest BCUT2D eigenvalue weighted by Crippen LogP contribution is -2.16. The molecule has 0 aliphatic carbocycles. The zero-order valence-electron chi connectivity index (χ0n) is 9.63. The van der Waals surface area contributed by atoms with Crippen LogP contribution in [0.1, 0.15) is 22.0 Å². The van der Waals surface area contributed by atoms with Crippen LogP contribution in [-0.4, -0.2) is 7.05 Å². The number of benzene rings is 1. The summed E-state index contributed by atoms with van der Waals surface area (Å²) in [5.74, 6) is 0. The van der Waals surface area contributed by atoms with Crippen LogP contribution in [0.3, 0.4) is 0 Å². The molecule has 1 aromatic carbocycles. The topological polar surface area (TPSA) is 12.0 Å². The van der Waals surface area contributed by atoms with E-state index in [1.54, 1.807) is 11.3 Å². The first-order valence-corrected chi connectivity index (χ1v) is 7.57. The molecule has 1 unspecified atom stereocenters. The molecule has 0 radical (unpaired) electrons. The molecular weight excluding hydrogens is 365 g/mol. The molecule has 1 heterocycles. The van der Waals surface area contributed by atoms with Crippen LogP contribution in [-0.2, 0) is 0 Å². The van der Waals surface area contributed by atoms with Gasteiger partial charge < -0.3 is 5.32 Å². The fourth-order valence-corrected chi connectivity index (χ4v) is 3.71. The largest absolute Gasteiger partial charge is 0.309 e. The van der Waals surface area contributed by atoms with Gasteiger partial charge in [0.2, 0.25) is 0 Å². The minimum Gasteiger partial charge on any atom is -0.309 e. The van der Waals surface area contributed by atoms with E-state index in [0.29, 0.717) is 0 Å². The number of halogens is 2. The summed E-state index contributed by atoms with van der Waals surface area (Å²) in [5, 5.41) is 3.35. The maximum atomic E-state index is 6.14. The normalized spacial score (nSPS) is 12.7. The molecule has 2 rings (SSSR count). The molecule has 1 atom stereocenters. The van der Waals surface area contributed by atoms with Crippen molar-refractivity contribution in [2.45, 2.75) is 13.0 Å². The first kappa shape index (κ1) is 13.3. The van der Waals surface area contributed by atoms with E-state index < -0.39 is 0 Å². The van der Waals surface area contributed by atoms with Crippen molar-refractivity contribution in [1.29, 1.82) is 0 Å². The number of hydrogen-bond donors (Lipinski definition) is 1. The maximum absolute atomic E-state index is 6.14. The SMILES string of the molecule is CNC(c1cccc(I)c1)c1cc(C)c(Cl)s1. The number of aryl methyl sites for hydroxylation is 1. The lowest BCUT2D eigenvalue weighted by molar-refractivity contribution is 0.703. The van der Waals surface area contributed by atoms with Gasteiger partial charge in [-0.2, -0.15) is 0 Å². The molecule has 0 saturated heterocycles. The summed E-state index contributed by atoms with van der Waals surface area (Å²) >= 11 is 10.1. The Kier molecular flexibility index (Phi) is 4.47. The smallest absolute Gasteiger partial charge is 0.0961 e. The second kappa shape index (κ2) is 5.69. The van der Waals surface area contributed by atoms with Crippen LogP contribution in [0.15, 0.2) is 30.3 Å². The second-order valence-corrected chi connectivity index (χ2v) is 6.81. The van der Waals surface area contributed by atoms with Crippen LogP contribution in [0.5, 0.6) is 0 Å². The lowest BCUT2D eigenvalue weighted by Gasteiger charge is -2.15. The van der Waals surface area contributed by atoms with Gasteiger partial charge in [-0.1, -0.05) is 23.7 Å². The Morgan fingerprint density at radius 1 is 1.35 bits per heavy atom. The van der Waals surface area contributed by atoms with E-state index in [9.17, 15) is 0 Å². The van der Waals surface area contributed by atoms with Crippen molar-refractivity contribution in [3.8, 4) is 0 Å². The van der Waals surface area contributed by atoms with Crippen LogP contribution in [0.2, 0.25) is 4.34 Å². The number of hydrogen-bond acceptors (Lipinski definition) is 2. The van der Waals surface area contributed by atoms with Gasteiger partial charge in [-0.25, -0.2) is 0 Å². The molecule has 90 valence electrons. The van der Waals surface area contributed by atoms with Crippen LogP contribution in [0.25, 0.3) is 0 Å². The third kappa shape index (κ3) is 3.02. The third-order valence-electron chi connectivity index (χ3n) is 2.63. The Morgan fingerprint density at radius 3 is 2.65 bits per heavy atom. The summed E-state index contributed by atoms with van der Waals surface area (Å²) < 4.78 is 2.13. The molecule has 0 saturated carbocycles. The Morgan fingerprint density at radius 2 is 2.12 bits per heavy atom. The summed E-state index contributed by atoms with van der Waals surface area (Å²) in [4.78, 5) is 1.26. The Bertz CT molecular complexity index is 504. The van der Waals surface area contributed by atoms with Crippen molar-refractivity contribution in [3.63, 3.8) is 0 Å². The summed E-state index contributed by atoms with van der Waals surface area (Å²) in [7, 11) is 1.98. The van der Waals surface area contributed by atoms with Crippen LogP contribution in [0, 0.1) is 10.5 Å². The number of nitrogens with one attached hydrogen (secondary N) is 1. The third-order valence-corrected chi connectivity index (χ3v) is 4.92. The van der Waals surface area contributed by atoms with E-state index >= 15 is 0 Å². The fraction of sp³-hybridized carbons (Fsp3) is 0.231. The molecule has 17 heavy (non-hydrogen) atoms. The van der Waals surface area contributed by atoms with Crippen molar-refractivity contribution in [3.05, 3.63) is 54.2 Å². The quantitative estimate of drug-likeness (QED) is 0.769. The predicted molar refractivity (Wildman–Crippen MR) is 84.1 cm³/mol. The molecule has 0 aliphatic rings. The molecule has 1 N–H and O–H groups in total. The summed E-state index contributed by atoms with van der Waals surface area (Å²) in [6, 6.07) is 10.9. The average Bonchev–Trinajstić information content (AvgIpc) is 2.60. The standard InChI is InChI=1S/C13H13ClINS/c1-8-6-11(17-13(8)14)12(16-2)9-4-3-5-10(15)7-9/h3-7,12,16H,1-2H3. The Hall–Kier alpha value is -0.100. The van der Waals surface area contributed by atoms with Crippen molar-refractivity contribution in [2.75, 3.05) is 7.05 Å². The van der Waals surface area contributed by atoms with Gasteiger partial charge in [0.1, 0.15) is 0 Å². The molecule has 0 spiro atoms. The highest BCUT2D eigenvalue weighted by molar-refractivity contribution is 14.1. The van der Waals surface area contributed by atoms with Gasteiger partial charge in [0.05, 0.1) is 10.4 Å². The molecule has 4 heteroatoms. The van der Waals surface area contributed by atoms with Gasteiger partial charge in [-0.05, 0) is 65.9 Å².